The number of hydrogen-bond acceptors (Lipinski definition) is 5. The average Bonchev–Trinajstić information content (AvgIpc) is 3.77. The van der Waals surface area contributed by atoms with E-state index in [0.717, 1.165) is 45.0 Å². The standard InChI is InChI=1S/C46H37BN6O/c1-46(2,3)31-24-25-48-44(26-31)53-42-28-45(54-33-15-13-14-32(27-33)51-30-50(4)40-22-11-12-23-41(40)51)49-29-43(42)52-39-21-10-8-19-37(39)35-17-6-5-16-34(35)36-18-7-9-20-38(36)47(52)53/h5-29H,1-4H3/i4D3. The van der Waals surface area contributed by atoms with Gasteiger partial charge in [0.05, 0.1) is 45.4 Å². The minimum absolute atomic E-state index is 0.104. The first-order valence-corrected chi connectivity index (χ1v) is 18.1. The Morgan fingerprint density at radius 3 is 2.26 bits per heavy atom. The zero-order chi connectivity index (χ0) is 39.1. The molecule has 0 fully saturated rings. The summed E-state index contributed by atoms with van der Waals surface area (Å²) < 4.78 is 33.9. The third kappa shape index (κ3) is 5.09. The van der Waals surface area contributed by atoms with Crippen LogP contribution in [0, 0.1) is 6.33 Å². The number of aryl methyl sites for hydroxylation is 1. The lowest BCUT2D eigenvalue weighted by Gasteiger charge is -2.34. The Morgan fingerprint density at radius 1 is 0.685 bits per heavy atom. The molecule has 0 unspecified atom stereocenters. The van der Waals surface area contributed by atoms with Gasteiger partial charge in [0.1, 0.15) is 11.6 Å². The number of ether oxygens (including phenoxy) is 1. The second kappa shape index (κ2) is 12.2. The summed E-state index contributed by atoms with van der Waals surface area (Å²) in [5.74, 6) is 1.76. The molecule has 0 radical (unpaired) electrons. The van der Waals surface area contributed by atoms with E-state index in [9.17, 15) is 0 Å². The van der Waals surface area contributed by atoms with Crippen LogP contribution < -0.4 is 24.4 Å². The maximum absolute atomic E-state index is 8.11. The number of nitrogens with zero attached hydrogens (tertiary/aromatic N) is 6. The Hall–Kier alpha value is -6.67. The Labute approximate surface area is 319 Å². The van der Waals surface area contributed by atoms with Crippen molar-refractivity contribution in [3.05, 3.63) is 164 Å². The number of hydrogen-bond donors (Lipinski definition) is 0. The highest BCUT2D eigenvalue weighted by molar-refractivity contribution is 6.85. The van der Waals surface area contributed by atoms with Crippen molar-refractivity contribution in [3.63, 3.8) is 0 Å². The first-order chi connectivity index (χ1) is 27.5. The molecule has 0 saturated carbocycles. The Morgan fingerprint density at radius 2 is 1.43 bits per heavy atom. The normalized spacial score (nSPS) is 14.1. The van der Waals surface area contributed by atoms with Gasteiger partial charge in [-0.05, 0) is 63.5 Å². The van der Waals surface area contributed by atoms with Crippen LogP contribution in [0.15, 0.2) is 152 Å². The predicted octanol–water partition coefficient (Wildman–Crippen LogP) is 9.47. The summed E-state index contributed by atoms with van der Waals surface area (Å²) in [5, 5.41) is 0. The van der Waals surface area contributed by atoms with Crippen molar-refractivity contribution >= 4 is 46.4 Å². The van der Waals surface area contributed by atoms with Crippen molar-refractivity contribution in [2.24, 2.45) is 6.98 Å². The first-order valence-electron chi connectivity index (χ1n) is 19.6. The van der Waals surface area contributed by atoms with Gasteiger partial charge in [0, 0.05) is 23.5 Å². The zero-order valence-corrected chi connectivity index (χ0v) is 30.1. The van der Waals surface area contributed by atoms with Crippen LogP contribution in [0.2, 0.25) is 0 Å². The minimum atomic E-state index is -2.39. The van der Waals surface area contributed by atoms with Crippen molar-refractivity contribution in [1.82, 2.24) is 14.5 Å². The van der Waals surface area contributed by atoms with E-state index in [1.54, 1.807) is 10.6 Å². The van der Waals surface area contributed by atoms with Gasteiger partial charge < -0.3 is 23.5 Å². The number of anilines is 4. The molecule has 0 atom stereocenters. The molecule has 5 heterocycles. The fourth-order valence-corrected chi connectivity index (χ4v) is 7.92. The minimum Gasteiger partial charge on any atom is -0.440 e. The predicted molar refractivity (Wildman–Crippen MR) is 218 cm³/mol. The van der Waals surface area contributed by atoms with Crippen LogP contribution in [0.3, 0.4) is 0 Å². The van der Waals surface area contributed by atoms with Crippen molar-refractivity contribution in [2.45, 2.75) is 26.2 Å². The molecule has 8 aromatic rings. The van der Waals surface area contributed by atoms with E-state index < -0.39 is 6.98 Å². The molecule has 0 N–H and O–H groups in total. The highest BCUT2D eigenvalue weighted by Crippen LogP contribution is 2.51. The molecule has 0 spiro atoms. The van der Waals surface area contributed by atoms with Gasteiger partial charge in [-0.2, -0.15) is 0 Å². The summed E-state index contributed by atoms with van der Waals surface area (Å²) in [6.45, 7) is 3.95. The lowest BCUT2D eigenvalue weighted by molar-refractivity contribution is -0.649. The van der Waals surface area contributed by atoms with Crippen molar-refractivity contribution < 1.29 is 13.4 Å². The number of pyridine rings is 2. The lowest BCUT2D eigenvalue weighted by atomic mass is 9.61. The molecule has 0 bridgehead atoms. The fraction of sp³-hybridized carbons (Fsp3) is 0.109. The van der Waals surface area contributed by atoms with Gasteiger partial charge in [-0.25, -0.2) is 9.97 Å². The largest absolute Gasteiger partial charge is 0.440 e. The van der Waals surface area contributed by atoms with E-state index in [1.165, 1.54) is 15.7 Å². The second-order valence-electron chi connectivity index (χ2n) is 14.8. The van der Waals surface area contributed by atoms with Crippen LogP contribution in [0.4, 0.5) is 22.9 Å². The van der Waals surface area contributed by atoms with E-state index in [1.807, 2.05) is 60.9 Å². The van der Waals surface area contributed by atoms with Crippen LogP contribution >= 0.6 is 0 Å². The molecule has 2 aliphatic heterocycles. The topological polar surface area (TPSA) is 50.3 Å². The van der Waals surface area contributed by atoms with E-state index in [2.05, 4.69) is 122 Å². The van der Waals surface area contributed by atoms with Crippen LogP contribution in [0.5, 0.6) is 11.6 Å². The van der Waals surface area contributed by atoms with Gasteiger partial charge >= 0.3 is 6.98 Å². The van der Waals surface area contributed by atoms with Crippen LogP contribution in [0.25, 0.3) is 39.0 Å². The van der Waals surface area contributed by atoms with Gasteiger partial charge in [0.2, 0.25) is 12.2 Å². The summed E-state index contributed by atoms with van der Waals surface area (Å²) in [5.41, 5.74) is 11.7. The second-order valence-corrected chi connectivity index (χ2v) is 14.8. The molecular formula is C46H37BN6O. The average molecular weight is 704 g/mol. The molecule has 0 amide bonds. The highest BCUT2D eigenvalue weighted by atomic mass is 16.5. The zero-order valence-electron chi connectivity index (χ0n) is 33.1. The Bertz CT molecular complexity index is 2870. The molecule has 260 valence electrons. The smallest absolute Gasteiger partial charge is 0.422 e. The fourth-order valence-electron chi connectivity index (χ4n) is 7.92. The molecule has 3 aromatic heterocycles. The van der Waals surface area contributed by atoms with Crippen LogP contribution in [-0.2, 0) is 12.4 Å². The molecule has 7 nitrogen and oxygen atoms in total. The Kier molecular flexibility index (Phi) is 6.52. The molecule has 5 aromatic carbocycles. The number of para-hydroxylation sites is 3. The number of fused-ring (bicyclic) bond motifs is 11. The Balaban J connectivity index is 1.14. The van der Waals surface area contributed by atoms with Gasteiger partial charge in [-0.1, -0.05) is 124 Å². The summed E-state index contributed by atoms with van der Waals surface area (Å²) in [6.07, 6.45) is 6.85. The quantitative estimate of drug-likeness (QED) is 0.104. The van der Waals surface area contributed by atoms with E-state index in [0.29, 0.717) is 28.4 Å². The molecule has 0 aliphatic carbocycles. The molecule has 54 heavy (non-hydrogen) atoms. The van der Waals surface area contributed by atoms with Crippen molar-refractivity contribution in [2.75, 3.05) is 9.62 Å². The van der Waals surface area contributed by atoms with E-state index >= 15 is 0 Å². The van der Waals surface area contributed by atoms with Gasteiger partial charge in [0.25, 0.3) is 0 Å². The van der Waals surface area contributed by atoms with Gasteiger partial charge in [-0.15, -0.1) is 0 Å². The molecule has 2 aliphatic rings. The monoisotopic (exact) mass is 703 g/mol. The number of rotatable bonds is 4. The number of benzene rings is 5. The first kappa shape index (κ1) is 28.9. The number of imidazole rings is 1. The molecular weight excluding hydrogens is 663 g/mol. The molecule has 8 heteroatoms. The maximum atomic E-state index is 8.11. The lowest BCUT2D eigenvalue weighted by Crippen LogP contribution is -2.54. The van der Waals surface area contributed by atoms with E-state index in [-0.39, 0.29) is 12.4 Å². The molecule has 10 rings (SSSR count). The highest BCUT2D eigenvalue weighted by Gasteiger charge is 2.47. The SMILES string of the molecule is [2H]C([2H])([2H])[n+]1[c-]n(-c2cccc(Oc3cc4c(cn3)N3B(c5ccccc5-c5ccccc5-c5ccccc53)N4c3cc(C(C)(C)C)ccn3)c2)c2ccccc21. The third-order valence-corrected chi connectivity index (χ3v) is 10.5. The van der Waals surface area contributed by atoms with Gasteiger partial charge in [0.15, 0.2) is 0 Å². The summed E-state index contributed by atoms with van der Waals surface area (Å²) >= 11 is 0. The third-order valence-electron chi connectivity index (χ3n) is 10.5. The maximum Gasteiger partial charge on any atom is 0.422 e. The summed E-state index contributed by atoms with van der Waals surface area (Å²) in [4.78, 5) is 14.7. The molecule has 0 saturated heterocycles. The van der Waals surface area contributed by atoms with E-state index in [4.69, 9.17) is 18.8 Å². The van der Waals surface area contributed by atoms with Crippen molar-refractivity contribution in [3.8, 4) is 39.6 Å². The van der Waals surface area contributed by atoms with Crippen LogP contribution in [-0.4, -0.2) is 21.5 Å². The summed E-state index contributed by atoms with van der Waals surface area (Å²) in [6, 6.07) is 47.0. The van der Waals surface area contributed by atoms with Crippen molar-refractivity contribution in [1.29, 1.82) is 0 Å². The van der Waals surface area contributed by atoms with Crippen LogP contribution in [0.1, 0.15) is 30.4 Å². The summed E-state index contributed by atoms with van der Waals surface area (Å²) in [7, 11) is 0. The number of aromatic nitrogens is 4. The van der Waals surface area contributed by atoms with Gasteiger partial charge in [-0.3, -0.25) is 0 Å².